The van der Waals surface area contributed by atoms with E-state index in [0.717, 1.165) is 25.7 Å². The molecular weight excluding hydrogens is 242 g/mol. The molecule has 0 heterocycles. The zero-order valence-corrected chi connectivity index (χ0v) is 10.5. The van der Waals surface area contributed by atoms with Gasteiger partial charge in [0.1, 0.15) is 4.33 Å². The van der Waals surface area contributed by atoms with Gasteiger partial charge in [0.15, 0.2) is 0 Å². The minimum atomic E-state index is -0.763. The minimum Gasteiger partial charge on any atom is -0.388 e. The number of aliphatic hydroxyl groups is 1. The van der Waals surface area contributed by atoms with Gasteiger partial charge in [-0.3, -0.25) is 0 Å². The molecule has 2 unspecified atom stereocenters. The number of hydrogen-bond donors (Lipinski definition) is 1. The third-order valence-corrected chi connectivity index (χ3v) is 5.30. The average Bonchev–Trinajstić information content (AvgIpc) is 2.89. The Hall–Kier alpha value is 0.830. The van der Waals surface area contributed by atoms with Crippen molar-refractivity contribution in [3.8, 4) is 0 Å². The van der Waals surface area contributed by atoms with Crippen molar-refractivity contribution in [3.63, 3.8) is 0 Å². The highest BCUT2D eigenvalue weighted by molar-refractivity contribution is 6.50. The van der Waals surface area contributed by atoms with Crippen molar-refractivity contribution < 1.29 is 5.11 Å². The van der Waals surface area contributed by atoms with Crippen molar-refractivity contribution in [2.75, 3.05) is 0 Å². The van der Waals surface area contributed by atoms with Crippen molar-refractivity contribution >= 4 is 34.8 Å². The minimum absolute atomic E-state index is 0.344. The van der Waals surface area contributed by atoms with Gasteiger partial charge in [0.25, 0.3) is 0 Å². The molecule has 0 aromatic rings. The molecule has 0 radical (unpaired) electrons. The van der Waals surface area contributed by atoms with Crippen LogP contribution in [0, 0.1) is 5.92 Å². The predicted molar refractivity (Wildman–Crippen MR) is 60.2 cm³/mol. The standard InChI is InChI=1S/C10H15Cl3O/c1-8(14,9(11)4-5-9)3-2-7-6-10(7,12)13/h7,14H,2-6H2,1H3. The first kappa shape index (κ1) is 11.3. The Bertz CT molecular complexity index is 246. The summed E-state index contributed by atoms with van der Waals surface area (Å²) >= 11 is 18.0. The zero-order valence-electron chi connectivity index (χ0n) is 8.19. The Labute approximate surface area is 99.7 Å². The molecule has 0 aromatic heterocycles. The molecule has 0 bridgehead atoms. The van der Waals surface area contributed by atoms with Gasteiger partial charge in [0.05, 0.1) is 10.5 Å². The van der Waals surface area contributed by atoms with Gasteiger partial charge in [-0.25, -0.2) is 0 Å². The number of hydrogen-bond acceptors (Lipinski definition) is 1. The summed E-state index contributed by atoms with van der Waals surface area (Å²) in [7, 11) is 0. The van der Waals surface area contributed by atoms with Crippen LogP contribution in [-0.2, 0) is 0 Å². The van der Waals surface area contributed by atoms with Crippen LogP contribution in [0.15, 0.2) is 0 Å². The second kappa shape index (κ2) is 3.16. The Kier molecular flexibility index (Phi) is 2.56. The number of halogens is 3. The molecule has 0 saturated heterocycles. The van der Waals surface area contributed by atoms with E-state index in [9.17, 15) is 5.11 Å². The van der Waals surface area contributed by atoms with Gasteiger partial charge in [0.2, 0.25) is 0 Å². The second-order valence-corrected chi connectivity index (χ2v) is 7.21. The molecule has 82 valence electrons. The van der Waals surface area contributed by atoms with E-state index in [2.05, 4.69) is 0 Å². The molecule has 2 aliphatic carbocycles. The van der Waals surface area contributed by atoms with E-state index in [-0.39, 0.29) is 4.87 Å². The molecule has 2 saturated carbocycles. The van der Waals surface area contributed by atoms with Crippen molar-refractivity contribution in [2.45, 2.75) is 53.8 Å². The highest BCUT2D eigenvalue weighted by Crippen LogP contribution is 2.58. The maximum absolute atomic E-state index is 10.1. The first-order valence-electron chi connectivity index (χ1n) is 5.06. The summed E-state index contributed by atoms with van der Waals surface area (Å²) in [5.41, 5.74) is -0.763. The van der Waals surface area contributed by atoms with Crippen LogP contribution in [0.5, 0.6) is 0 Å². The molecule has 4 heteroatoms. The van der Waals surface area contributed by atoms with E-state index in [1.54, 1.807) is 0 Å². The summed E-state index contributed by atoms with van der Waals surface area (Å²) in [6.07, 6.45) is 4.25. The zero-order chi connectivity index (χ0) is 10.6. The van der Waals surface area contributed by atoms with Crippen molar-refractivity contribution in [2.24, 2.45) is 5.92 Å². The van der Waals surface area contributed by atoms with Crippen LogP contribution in [-0.4, -0.2) is 19.9 Å². The van der Waals surface area contributed by atoms with Crippen molar-refractivity contribution in [1.29, 1.82) is 0 Å². The summed E-state index contributed by atoms with van der Waals surface area (Å²) in [4.78, 5) is -0.372. The highest BCUT2D eigenvalue weighted by atomic mass is 35.5. The molecule has 0 amide bonds. The Morgan fingerprint density at radius 3 is 2.21 bits per heavy atom. The topological polar surface area (TPSA) is 20.2 Å². The largest absolute Gasteiger partial charge is 0.388 e. The Morgan fingerprint density at radius 2 is 1.86 bits per heavy atom. The monoisotopic (exact) mass is 256 g/mol. The van der Waals surface area contributed by atoms with Gasteiger partial charge in [-0.1, -0.05) is 0 Å². The van der Waals surface area contributed by atoms with E-state index in [0.29, 0.717) is 12.3 Å². The molecule has 2 aliphatic rings. The van der Waals surface area contributed by atoms with Crippen LogP contribution in [0.3, 0.4) is 0 Å². The Balaban J connectivity index is 1.81. The summed E-state index contributed by atoms with van der Waals surface area (Å²) in [6, 6.07) is 0. The first-order valence-corrected chi connectivity index (χ1v) is 6.19. The SMILES string of the molecule is CC(O)(CCC1CC1(Cl)Cl)C1(Cl)CC1. The van der Waals surface area contributed by atoms with Gasteiger partial charge in [-0.2, -0.15) is 0 Å². The third kappa shape index (κ3) is 2.02. The van der Waals surface area contributed by atoms with Crippen LogP contribution in [0.4, 0.5) is 0 Å². The van der Waals surface area contributed by atoms with Gasteiger partial charge in [-0.15, -0.1) is 34.8 Å². The van der Waals surface area contributed by atoms with Crippen molar-refractivity contribution in [3.05, 3.63) is 0 Å². The summed E-state index contributed by atoms with van der Waals surface area (Å²) < 4.78 is -0.529. The molecule has 2 atom stereocenters. The molecule has 0 aromatic carbocycles. The van der Waals surface area contributed by atoms with E-state index >= 15 is 0 Å². The quantitative estimate of drug-likeness (QED) is 0.765. The van der Waals surface area contributed by atoms with Crippen LogP contribution in [0.25, 0.3) is 0 Å². The maximum atomic E-state index is 10.1. The smallest absolute Gasteiger partial charge is 0.121 e. The lowest BCUT2D eigenvalue weighted by Gasteiger charge is -2.28. The molecule has 14 heavy (non-hydrogen) atoms. The molecule has 0 aliphatic heterocycles. The molecule has 2 fully saturated rings. The van der Waals surface area contributed by atoms with Crippen LogP contribution < -0.4 is 0 Å². The van der Waals surface area contributed by atoms with Crippen molar-refractivity contribution in [1.82, 2.24) is 0 Å². The maximum Gasteiger partial charge on any atom is 0.121 e. The van der Waals surface area contributed by atoms with Gasteiger partial charge < -0.3 is 5.11 Å². The lowest BCUT2D eigenvalue weighted by Crippen LogP contribution is -2.37. The van der Waals surface area contributed by atoms with Crippen LogP contribution in [0.2, 0.25) is 0 Å². The molecule has 0 spiro atoms. The predicted octanol–water partition coefficient (Wildman–Crippen LogP) is 3.48. The van der Waals surface area contributed by atoms with E-state index in [4.69, 9.17) is 34.8 Å². The normalized spacial score (nSPS) is 36.2. The highest BCUT2D eigenvalue weighted by Gasteiger charge is 2.57. The molecular formula is C10H15Cl3O. The summed E-state index contributed by atoms with van der Waals surface area (Å²) in [5, 5.41) is 10.1. The fraction of sp³-hybridized carbons (Fsp3) is 1.00. The van der Waals surface area contributed by atoms with Crippen LogP contribution in [0.1, 0.15) is 39.0 Å². The molecule has 1 N–H and O–H groups in total. The third-order valence-electron chi connectivity index (χ3n) is 3.59. The fourth-order valence-corrected chi connectivity index (χ4v) is 2.69. The summed E-state index contributed by atoms with van der Waals surface area (Å²) in [6.45, 7) is 1.82. The molecule has 1 nitrogen and oxygen atoms in total. The van der Waals surface area contributed by atoms with Gasteiger partial charge in [0, 0.05) is 0 Å². The average molecular weight is 258 g/mol. The number of rotatable bonds is 4. The molecule has 2 rings (SSSR count). The Morgan fingerprint density at radius 1 is 1.36 bits per heavy atom. The second-order valence-electron chi connectivity index (χ2n) is 4.94. The lowest BCUT2D eigenvalue weighted by atomic mass is 9.92. The number of alkyl halides is 3. The summed E-state index contributed by atoms with van der Waals surface area (Å²) in [5.74, 6) is 0.344. The van der Waals surface area contributed by atoms with Gasteiger partial charge in [-0.05, 0) is 44.9 Å². The van der Waals surface area contributed by atoms with E-state index in [1.807, 2.05) is 6.92 Å². The van der Waals surface area contributed by atoms with Gasteiger partial charge >= 0.3 is 0 Å². The van der Waals surface area contributed by atoms with Crippen LogP contribution >= 0.6 is 34.8 Å². The van der Waals surface area contributed by atoms with E-state index in [1.165, 1.54) is 0 Å². The van der Waals surface area contributed by atoms with E-state index < -0.39 is 9.93 Å². The first-order chi connectivity index (χ1) is 6.27. The lowest BCUT2D eigenvalue weighted by molar-refractivity contribution is 0.0349. The fourth-order valence-electron chi connectivity index (χ4n) is 1.91.